The van der Waals surface area contributed by atoms with Crippen LogP contribution in [-0.4, -0.2) is 39.6 Å². The number of carbonyl (C=O) groups excluding carboxylic acids is 1. The molecular weight excluding hydrogens is 378 g/mol. The third kappa shape index (κ3) is 3.59. The van der Waals surface area contributed by atoms with Crippen molar-refractivity contribution in [3.8, 4) is 17.6 Å². The van der Waals surface area contributed by atoms with Crippen molar-refractivity contribution < 1.29 is 14.3 Å². The monoisotopic (exact) mass is 395 g/mol. The number of nitriles is 1. The van der Waals surface area contributed by atoms with E-state index in [1.54, 1.807) is 30.1 Å². The summed E-state index contributed by atoms with van der Waals surface area (Å²) in [4.78, 5) is 16.8. The molecule has 1 aliphatic heterocycles. The van der Waals surface area contributed by atoms with Crippen LogP contribution >= 0.6 is 11.8 Å². The standard InChI is InChI=1S/C19H17N5O3S/c1-11-15(9-24(2)23-11)21-18(25)10-28-19-13(8-20)5-12-6-16-17(7-14(12)22-19)27-4-3-26-16/h5-7,9H,3-4,10H2,1-2H3,(H,21,25). The van der Waals surface area contributed by atoms with E-state index in [0.717, 1.165) is 11.1 Å². The highest BCUT2D eigenvalue weighted by Gasteiger charge is 2.16. The van der Waals surface area contributed by atoms with Crippen LogP contribution < -0.4 is 14.8 Å². The Balaban J connectivity index is 1.55. The second kappa shape index (κ2) is 7.40. The molecule has 142 valence electrons. The molecule has 1 N–H and O–H groups in total. The van der Waals surface area contributed by atoms with E-state index in [-0.39, 0.29) is 11.7 Å². The van der Waals surface area contributed by atoms with Crippen molar-refractivity contribution in [3.05, 3.63) is 35.7 Å². The lowest BCUT2D eigenvalue weighted by atomic mass is 10.1. The number of nitrogens with zero attached hydrogens (tertiary/aromatic N) is 4. The number of carbonyl (C=O) groups is 1. The van der Waals surface area contributed by atoms with Crippen LogP contribution in [0.4, 0.5) is 5.69 Å². The summed E-state index contributed by atoms with van der Waals surface area (Å²) in [5.41, 5.74) is 2.52. The van der Waals surface area contributed by atoms with Gasteiger partial charge in [-0.25, -0.2) is 4.98 Å². The lowest BCUT2D eigenvalue weighted by Crippen LogP contribution is -2.15. The number of thioether (sulfide) groups is 1. The van der Waals surface area contributed by atoms with Crippen LogP contribution in [0.3, 0.4) is 0 Å². The van der Waals surface area contributed by atoms with Gasteiger partial charge in [-0.3, -0.25) is 9.48 Å². The second-order valence-corrected chi connectivity index (χ2v) is 7.24. The van der Waals surface area contributed by atoms with Crippen molar-refractivity contribution in [3.63, 3.8) is 0 Å². The molecule has 0 unspecified atom stereocenters. The van der Waals surface area contributed by atoms with Gasteiger partial charge in [0.1, 0.15) is 24.3 Å². The maximum Gasteiger partial charge on any atom is 0.234 e. The summed E-state index contributed by atoms with van der Waals surface area (Å²) in [6.07, 6.45) is 1.75. The molecule has 0 saturated heterocycles. The van der Waals surface area contributed by atoms with Crippen LogP contribution in [0, 0.1) is 18.3 Å². The Kier molecular flexibility index (Phi) is 4.79. The molecule has 3 aromatic rings. The molecule has 0 radical (unpaired) electrons. The lowest BCUT2D eigenvalue weighted by molar-refractivity contribution is -0.113. The molecule has 3 heterocycles. The summed E-state index contributed by atoms with van der Waals surface area (Å²) in [6.45, 7) is 2.81. The number of pyridine rings is 1. The molecular formula is C19H17N5O3S. The van der Waals surface area contributed by atoms with Gasteiger partial charge in [0.2, 0.25) is 5.91 Å². The van der Waals surface area contributed by atoms with Crippen molar-refractivity contribution in [1.82, 2.24) is 14.8 Å². The fourth-order valence-corrected chi connectivity index (χ4v) is 3.69. The first-order chi connectivity index (χ1) is 13.5. The number of aryl methyl sites for hydroxylation is 2. The van der Waals surface area contributed by atoms with Gasteiger partial charge >= 0.3 is 0 Å². The highest BCUT2D eigenvalue weighted by atomic mass is 32.2. The van der Waals surface area contributed by atoms with Gasteiger partial charge in [0, 0.05) is 24.7 Å². The fraction of sp³-hybridized carbons (Fsp3) is 0.263. The van der Waals surface area contributed by atoms with Crippen LogP contribution in [0.2, 0.25) is 0 Å². The van der Waals surface area contributed by atoms with E-state index in [0.29, 0.717) is 46.5 Å². The van der Waals surface area contributed by atoms with Crippen LogP contribution in [0.1, 0.15) is 11.3 Å². The Morgan fingerprint density at radius 2 is 2.07 bits per heavy atom. The molecule has 1 amide bonds. The molecule has 0 aliphatic carbocycles. The number of amides is 1. The van der Waals surface area contributed by atoms with E-state index in [9.17, 15) is 10.1 Å². The van der Waals surface area contributed by atoms with Crippen molar-refractivity contribution in [2.45, 2.75) is 11.9 Å². The van der Waals surface area contributed by atoms with Crippen molar-refractivity contribution in [1.29, 1.82) is 5.26 Å². The first-order valence-corrected chi connectivity index (χ1v) is 9.59. The van der Waals surface area contributed by atoms with Crippen LogP contribution in [0.5, 0.6) is 11.5 Å². The highest BCUT2D eigenvalue weighted by Crippen LogP contribution is 2.35. The third-order valence-electron chi connectivity index (χ3n) is 4.19. The summed E-state index contributed by atoms with van der Waals surface area (Å²) in [5.74, 6) is 1.23. The molecule has 0 atom stereocenters. The predicted octanol–water partition coefficient (Wildman–Crippen LogP) is 2.65. The van der Waals surface area contributed by atoms with Crippen LogP contribution in [0.25, 0.3) is 10.9 Å². The van der Waals surface area contributed by atoms with E-state index in [2.05, 4.69) is 21.5 Å². The topological polar surface area (TPSA) is 102 Å². The zero-order chi connectivity index (χ0) is 19.7. The first kappa shape index (κ1) is 18.1. The lowest BCUT2D eigenvalue weighted by Gasteiger charge is -2.18. The van der Waals surface area contributed by atoms with E-state index in [4.69, 9.17) is 9.47 Å². The molecule has 0 spiro atoms. The largest absolute Gasteiger partial charge is 0.486 e. The number of benzene rings is 1. The molecule has 0 fully saturated rings. The summed E-state index contributed by atoms with van der Waals surface area (Å²) < 4.78 is 12.8. The molecule has 2 aromatic heterocycles. The molecule has 8 nitrogen and oxygen atoms in total. The number of aromatic nitrogens is 3. The van der Waals surface area contributed by atoms with E-state index >= 15 is 0 Å². The van der Waals surface area contributed by atoms with Gasteiger partial charge in [-0.1, -0.05) is 11.8 Å². The highest BCUT2D eigenvalue weighted by molar-refractivity contribution is 8.00. The molecule has 1 aromatic carbocycles. The Morgan fingerprint density at radius 1 is 1.32 bits per heavy atom. The number of nitrogens with one attached hydrogen (secondary N) is 1. The van der Waals surface area contributed by atoms with Crippen molar-refractivity contribution in [2.75, 3.05) is 24.3 Å². The summed E-state index contributed by atoms with van der Waals surface area (Å²) in [6, 6.07) is 7.53. The van der Waals surface area contributed by atoms with Gasteiger partial charge in [-0.15, -0.1) is 0 Å². The number of rotatable bonds is 4. The number of hydrogen-bond donors (Lipinski definition) is 1. The number of fused-ring (bicyclic) bond motifs is 2. The van der Waals surface area contributed by atoms with E-state index in [1.165, 1.54) is 11.8 Å². The number of ether oxygens (including phenoxy) is 2. The molecule has 28 heavy (non-hydrogen) atoms. The summed E-state index contributed by atoms with van der Waals surface area (Å²) in [7, 11) is 1.79. The quantitative estimate of drug-likeness (QED) is 0.678. The molecule has 0 saturated carbocycles. The average Bonchev–Trinajstić information content (AvgIpc) is 3.00. The second-order valence-electron chi connectivity index (χ2n) is 6.28. The minimum absolute atomic E-state index is 0.131. The van der Waals surface area contributed by atoms with Gasteiger partial charge < -0.3 is 14.8 Å². The van der Waals surface area contributed by atoms with Gasteiger partial charge in [-0.05, 0) is 19.1 Å². The smallest absolute Gasteiger partial charge is 0.234 e. The molecule has 0 bridgehead atoms. The van der Waals surface area contributed by atoms with Crippen LogP contribution in [0.15, 0.2) is 29.4 Å². The summed E-state index contributed by atoms with van der Waals surface area (Å²) >= 11 is 1.22. The zero-order valence-electron chi connectivity index (χ0n) is 15.4. The Bertz CT molecular complexity index is 1120. The number of hydrogen-bond acceptors (Lipinski definition) is 7. The SMILES string of the molecule is Cc1nn(C)cc1NC(=O)CSc1nc2cc3c(cc2cc1C#N)OCCO3. The van der Waals surface area contributed by atoms with Gasteiger partial charge in [0.05, 0.1) is 28.2 Å². The predicted molar refractivity (Wildman–Crippen MR) is 105 cm³/mol. The third-order valence-corrected chi connectivity index (χ3v) is 5.18. The maximum absolute atomic E-state index is 12.3. The average molecular weight is 395 g/mol. The normalized spacial score (nSPS) is 12.6. The summed E-state index contributed by atoms with van der Waals surface area (Å²) in [5, 5.41) is 17.8. The van der Waals surface area contributed by atoms with Gasteiger partial charge in [0.25, 0.3) is 0 Å². The van der Waals surface area contributed by atoms with E-state index in [1.807, 2.05) is 13.0 Å². The van der Waals surface area contributed by atoms with Crippen molar-refractivity contribution in [2.24, 2.45) is 7.05 Å². The number of anilines is 1. The minimum atomic E-state index is -0.186. The zero-order valence-corrected chi connectivity index (χ0v) is 16.2. The Morgan fingerprint density at radius 3 is 2.75 bits per heavy atom. The molecule has 1 aliphatic rings. The van der Waals surface area contributed by atoms with Gasteiger partial charge in [0.15, 0.2) is 11.5 Å². The van der Waals surface area contributed by atoms with E-state index < -0.39 is 0 Å². The molecule has 4 rings (SSSR count). The maximum atomic E-state index is 12.3. The van der Waals surface area contributed by atoms with Gasteiger partial charge in [-0.2, -0.15) is 10.4 Å². The first-order valence-electron chi connectivity index (χ1n) is 8.61. The minimum Gasteiger partial charge on any atom is -0.486 e. The van der Waals surface area contributed by atoms with Crippen molar-refractivity contribution >= 4 is 34.3 Å². The molecule has 9 heteroatoms. The Labute approximate surface area is 165 Å². The van der Waals surface area contributed by atoms with Crippen LogP contribution in [-0.2, 0) is 11.8 Å². The fourth-order valence-electron chi connectivity index (χ4n) is 2.93. The Hall–Kier alpha value is -3.25.